The maximum atomic E-state index is 12.3. The Morgan fingerprint density at radius 2 is 2.21 bits per heavy atom. The first kappa shape index (κ1) is 19.7. The molecule has 2 atom stereocenters. The van der Waals surface area contributed by atoms with Crippen LogP contribution in [-0.4, -0.2) is 41.8 Å². The van der Waals surface area contributed by atoms with E-state index >= 15 is 0 Å². The SMILES string of the molecule is N#C[C@H](C[C@@H]1CCCNC1=O)NC(=O)CNC(=O)c1cc2cccc(Cl)c2[nH]1. The van der Waals surface area contributed by atoms with Crippen molar-refractivity contribution in [3.05, 3.63) is 35.0 Å². The quantitative estimate of drug-likeness (QED) is 0.584. The van der Waals surface area contributed by atoms with Gasteiger partial charge in [0.25, 0.3) is 5.91 Å². The summed E-state index contributed by atoms with van der Waals surface area (Å²) in [4.78, 5) is 39.1. The van der Waals surface area contributed by atoms with E-state index in [1.54, 1.807) is 18.2 Å². The highest BCUT2D eigenvalue weighted by Crippen LogP contribution is 2.23. The minimum absolute atomic E-state index is 0.0912. The average Bonchev–Trinajstić information content (AvgIpc) is 3.13. The molecule has 1 aromatic carbocycles. The van der Waals surface area contributed by atoms with Crippen LogP contribution in [0.2, 0.25) is 5.02 Å². The van der Waals surface area contributed by atoms with Crippen LogP contribution in [0.1, 0.15) is 29.8 Å². The highest BCUT2D eigenvalue weighted by molar-refractivity contribution is 6.35. The van der Waals surface area contributed by atoms with E-state index in [1.165, 1.54) is 0 Å². The fraction of sp³-hybridized carbons (Fsp3) is 0.368. The number of carbonyl (C=O) groups is 3. The molecule has 9 heteroatoms. The summed E-state index contributed by atoms with van der Waals surface area (Å²) < 4.78 is 0. The molecule has 1 aliphatic rings. The van der Waals surface area contributed by atoms with Gasteiger partial charge in [0.05, 0.1) is 23.2 Å². The first-order valence-electron chi connectivity index (χ1n) is 9.00. The van der Waals surface area contributed by atoms with Gasteiger partial charge in [0.15, 0.2) is 0 Å². The van der Waals surface area contributed by atoms with Crippen molar-refractivity contribution in [1.82, 2.24) is 20.9 Å². The van der Waals surface area contributed by atoms with E-state index in [9.17, 15) is 19.6 Å². The summed E-state index contributed by atoms with van der Waals surface area (Å²) in [5.74, 6) is -1.33. The number of rotatable bonds is 6. The second-order valence-electron chi connectivity index (χ2n) is 6.68. The number of hydrogen-bond donors (Lipinski definition) is 4. The van der Waals surface area contributed by atoms with E-state index in [0.29, 0.717) is 23.5 Å². The highest BCUT2D eigenvalue weighted by Gasteiger charge is 2.26. The fourth-order valence-electron chi connectivity index (χ4n) is 3.23. The van der Waals surface area contributed by atoms with Crippen molar-refractivity contribution < 1.29 is 14.4 Å². The van der Waals surface area contributed by atoms with Crippen molar-refractivity contribution in [1.29, 1.82) is 5.26 Å². The molecule has 0 bridgehead atoms. The minimum Gasteiger partial charge on any atom is -0.356 e. The molecule has 28 heavy (non-hydrogen) atoms. The van der Waals surface area contributed by atoms with E-state index < -0.39 is 17.9 Å². The first-order chi connectivity index (χ1) is 13.5. The van der Waals surface area contributed by atoms with Crippen molar-refractivity contribution in [2.24, 2.45) is 5.92 Å². The number of benzene rings is 1. The zero-order valence-corrected chi connectivity index (χ0v) is 15.8. The Morgan fingerprint density at radius 3 is 2.93 bits per heavy atom. The molecular weight excluding hydrogens is 382 g/mol. The lowest BCUT2D eigenvalue weighted by Gasteiger charge is -2.23. The lowest BCUT2D eigenvalue weighted by molar-refractivity contribution is -0.127. The molecule has 2 heterocycles. The number of nitriles is 1. The van der Waals surface area contributed by atoms with Gasteiger partial charge < -0.3 is 20.9 Å². The first-order valence-corrected chi connectivity index (χ1v) is 9.38. The summed E-state index contributed by atoms with van der Waals surface area (Å²) in [5.41, 5.74) is 0.931. The van der Waals surface area contributed by atoms with Gasteiger partial charge >= 0.3 is 0 Å². The normalized spacial score (nSPS) is 17.4. The van der Waals surface area contributed by atoms with Crippen molar-refractivity contribution in [3.8, 4) is 6.07 Å². The number of para-hydroxylation sites is 1. The number of hydrogen-bond acceptors (Lipinski definition) is 4. The summed E-state index contributed by atoms with van der Waals surface area (Å²) in [7, 11) is 0. The molecule has 0 spiro atoms. The number of amides is 3. The lowest BCUT2D eigenvalue weighted by Crippen LogP contribution is -2.44. The maximum Gasteiger partial charge on any atom is 0.268 e. The van der Waals surface area contributed by atoms with Gasteiger partial charge in [-0.15, -0.1) is 0 Å². The van der Waals surface area contributed by atoms with Crippen molar-refractivity contribution in [3.63, 3.8) is 0 Å². The molecule has 1 saturated heterocycles. The van der Waals surface area contributed by atoms with Gasteiger partial charge in [-0.25, -0.2) is 0 Å². The molecule has 1 aromatic heterocycles. The van der Waals surface area contributed by atoms with E-state index in [4.69, 9.17) is 11.6 Å². The van der Waals surface area contributed by atoms with Crippen LogP contribution < -0.4 is 16.0 Å². The van der Waals surface area contributed by atoms with Crippen LogP contribution in [0, 0.1) is 17.2 Å². The number of halogens is 1. The zero-order valence-electron chi connectivity index (χ0n) is 15.0. The van der Waals surface area contributed by atoms with E-state index in [0.717, 1.165) is 11.8 Å². The monoisotopic (exact) mass is 401 g/mol. The Kier molecular flexibility index (Phi) is 6.16. The number of aromatic amines is 1. The zero-order chi connectivity index (χ0) is 20.1. The number of nitrogens with one attached hydrogen (secondary N) is 4. The van der Waals surface area contributed by atoms with Gasteiger partial charge in [0.1, 0.15) is 11.7 Å². The summed E-state index contributed by atoms with van der Waals surface area (Å²) in [6.45, 7) is 0.362. The summed E-state index contributed by atoms with van der Waals surface area (Å²) >= 11 is 6.08. The molecule has 0 unspecified atom stereocenters. The number of carbonyl (C=O) groups excluding carboxylic acids is 3. The molecule has 4 N–H and O–H groups in total. The van der Waals surface area contributed by atoms with E-state index in [-0.39, 0.29) is 30.5 Å². The summed E-state index contributed by atoms with van der Waals surface area (Å²) in [6, 6.07) is 8.17. The molecule has 0 aliphatic carbocycles. The molecule has 3 rings (SSSR count). The minimum atomic E-state index is -0.787. The summed E-state index contributed by atoms with van der Waals surface area (Å²) in [6.07, 6.45) is 1.80. The topological polar surface area (TPSA) is 127 Å². The predicted octanol–water partition coefficient (Wildman–Crippen LogP) is 1.48. The standard InChI is InChI=1S/C19H20ClN5O3/c20-14-5-1-3-11-8-15(25-17(11)14)19(28)23-10-16(26)24-13(9-21)7-12-4-2-6-22-18(12)27/h1,3,5,8,12-13,25H,2,4,6-7,10H2,(H,22,27)(H,23,28)(H,24,26)/t12-,13-/m0/s1. The molecule has 8 nitrogen and oxygen atoms in total. The number of piperidine rings is 1. The van der Waals surface area contributed by atoms with Crippen LogP contribution in [0.15, 0.2) is 24.3 Å². The average molecular weight is 402 g/mol. The Bertz CT molecular complexity index is 949. The van der Waals surface area contributed by atoms with Gasteiger partial charge in [-0.2, -0.15) is 5.26 Å². The third kappa shape index (κ3) is 4.61. The molecule has 2 aromatic rings. The number of aromatic nitrogens is 1. The van der Waals surface area contributed by atoms with Gasteiger partial charge in [-0.1, -0.05) is 23.7 Å². The smallest absolute Gasteiger partial charge is 0.268 e. The van der Waals surface area contributed by atoms with Crippen LogP contribution in [0.25, 0.3) is 10.9 Å². The van der Waals surface area contributed by atoms with Gasteiger partial charge in [0.2, 0.25) is 11.8 Å². The number of nitrogens with zero attached hydrogens (tertiary/aromatic N) is 1. The van der Waals surface area contributed by atoms with Crippen LogP contribution in [-0.2, 0) is 9.59 Å². The van der Waals surface area contributed by atoms with Crippen LogP contribution in [0.3, 0.4) is 0 Å². The molecule has 3 amide bonds. The third-order valence-electron chi connectivity index (χ3n) is 4.67. The van der Waals surface area contributed by atoms with Crippen LogP contribution in [0.5, 0.6) is 0 Å². The lowest BCUT2D eigenvalue weighted by atomic mass is 9.92. The Balaban J connectivity index is 1.52. The largest absolute Gasteiger partial charge is 0.356 e. The van der Waals surface area contributed by atoms with Gasteiger partial charge in [0, 0.05) is 17.8 Å². The predicted molar refractivity (Wildman–Crippen MR) is 104 cm³/mol. The Morgan fingerprint density at radius 1 is 1.39 bits per heavy atom. The van der Waals surface area contributed by atoms with Crippen molar-refractivity contribution >= 4 is 40.2 Å². The van der Waals surface area contributed by atoms with E-state index in [1.807, 2.05) is 12.1 Å². The third-order valence-corrected chi connectivity index (χ3v) is 4.99. The fourth-order valence-corrected chi connectivity index (χ4v) is 3.46. The van der Waals surface area contributed by atoms with Crippen molar-refractivity contribution in [2.45, 2.75) is 25.3 Å². The Hall–Kier alpha value is -3.05. The van der Waals surface area contributed by atoms with Gasteiger partial charge in [-0.05, 0) is 31.4 Å². The molecule has 1 aliphatic heterocycles. The number of fused-ring (bicyclic) bond motifs is 1. The molecule has 0 saturated carbocycles. The van der Waals surface area contributed by atoms with Crippen LogP contribution >= 0.6 is 11.6 Å². The summed E-state index contributed by atoms with van der Waals surface area (Å²) in [5, 5.41) is 18.4. The maximum absolute atomic E-state index is 12.3. The highest BCUT2D eigenvalue weighted by atomic mass is 35.5. The molecule has 1 fully saturated rings. The second-order valence-corrected chi connectivity index (χ2v) is 7.09. The second kappa shape index (κ2) is 8.76. The van der Waals surface area contributed by atoms with Crippen molar-refractivity contribution in [2.75, 3.05) is 13.1 Å². The molecule has 0 radical (unpaired) electrons. The van der Waals surface area contributed by atoms with Gasteiger partial charge in [-0.3, -0.25) is 14.4 Å². The van der Waals surface area contributed by atoms with Crippen LogP contribution in [0.4, 0.5) is 0 Å². The molecular formula is C19H20ClN5O3. The Labute approximate surface area is 166 Å². The van der Waals surface area contributed by atoms with E-state index in [2.05, 4.69) is 20.9 Å². The number of H-pyrrole nitrogens is 1. The molecule has 146 valence electrons.